The van der Waals surface area contributed by atoms with Gasteiger partial charge >= 0.3 is 0 Å². The minimum Gasteiger partial charge on any atom is -0.504 e. The maximum Gasteiger partial charge on any atom is 0.272 e. The monoisotopic (exact) mass is 318 g/mol. The van der Waals surface area contributed by atoms with E-state index in [4.69, 9.17) is 16.3 Å². The Hall–Kier alpha value is -2.53. The lowest BCUT2D eigenvalue weighted by Crippen LogP contribution is -2.17. The van der Waals surface area contributed by atoms with Gasteiger partial charge in [-0.15, -0.1) is 0 Å². The summed E-state index contributed by atoms with van der Waals surface area (Å²) in [4.78, 5) is 11.9. The fourth-order valence-corrected chi connectivity index (χ4v) is 1.97. The lowest BCUT2D eigenvalue weighted by molar-refractivity contribution is 0.0955. The number of ether oxygens (including phenoxy) is 1. The number of carbonyl (C=O) groups excluding carboxylic acids is 1. The van der Waals surface area contributed by atoms with Crippen LogP contribution in [0.3, 0.4) is 0 Å². The maximum absolute atomic E-state index is 11.9. The van der Waals surface area contributed by atoms with Crippen molar-refractivity contribution in [2.45, 2.75) is 6.92 Å². The van der Waals surface area contributed by atoms with Crippen molar-refractivity contribution < 1.29 is 14.6 Å². The normalized spacial score (nSPS) is 10.6. The van der Waals surface area contributed by atoms with Crippen LogP contribution in [-0.2, 0) is 0 Å². The molecule has 22 heavy (non-hydrogen) atoms. The van der Waals surface area contributed by atoms with Gasteiger partial charge in [0.1, 0.15) is 0 Å². The number of rotatable bonds is 5. The van der Waals surface area contributed by atoms with Crippen LogP contribution in [0.2, 0.25) is 5.02 Å². The van der Waals surface area contributed by atoms with Gasteiger partial charge in [-0.3, -0.25) is 4.79 Å². The van der Waals surface area contributed by atoms with Gasteiger partial charge in [0.15, 0.2) is 11.5 Å². The first kappa shape index (κ1) is 15.9. The van der Waals surface area contributed by atoms with E-state index < -0.39 is 5.91 Å². The number of carbonyl (C=O) groups is 1. The fraction of sp³-hybridized carbons (Fsp3) is 0.125. The lowest BCUT2D eigenvalue weighted by Gasteiger charge is -2.06. The van der Waals surface area contributed by atoms with Crippen LogP contribution < -0.4 is 10.2 Å². The number of hydrazone groups is 1. The number of halogens is 1. The molecule has 2 aromatic carbocycles. The highest BCUT2D eigenvalue weighted by Gasteiger charge is 2.08. The van der Waals surface area contributed by atoms with Gasteiger partial charge in [-0.1, -0.05) is 23.7 Å². The molecule has 0 aliphatic rings. The van der Waals surface area contributed by atoms with Crippen molar-refractivity contribution in [2.75, 3.05) is 6.61 Å². The molecule has 0 atom stereocenters. The Morgan fingerprint density at radius 2 is 2.14 bits per heavy atom. The van der Waals surface area contributed by atoms with Crippen LogP contribution in [0.15, 0.2) is 47.6 Å². The highest BCUT2D eigenvalue weighted by Crippen LogP contribution is 2.26. The summed E-state index contributed by atoms with van der Waals surface area (Å²) in [5.74, 6) is 0.0219. The number of phenols is 1. The van der Waals surface area contributed by atoms with Crippen molar-refractivity contribution >= 4 is 23.7 Å². The van der Waals surface area contributed by atoms with E-state index in [1.807, 2.05) is 6.92 Å². The second-order valence-corrected chi connectivity index (χ2v) is 4.75. The van der Waals surface area contributed by atoms with Crippen LogP contribution in [-0.4, -0.2) is 23.8 Å². The molecule has 0 heterocycles. The highest BCUT2D eigenvalue weighted by atomic mass is 35.5. The average molecular weight is 319 g/mol. The van der Waals surface area contributed by atoms with E-state index in [-0.39, 0.29) is 5.75 Å². The van der Waals surface area contributed by atoms with Crippen molar-refractivity contribution in [3.8, 4) is 11.5 Å². The summed E-state index contributed by atoms with van der Waals surface area (Å²) in [5.41, 5.74) is 3.43. The Balaban J connectivity index is 2.05. The number of hydrogen-bond donors (Lipinski definition) is 2. The summed E-state index contributed by atoms with van der Waals surface area (Å²) in [5, 5.41) is 13.8. The molecule has 0 aliphatic carbocycles. The van der Waals surface area contributed by atoms with Gasteiger partial charge < -0.3 is 9.84 Å². The van der Waals surface area contributed by atoms with Crippen LogP contribution in [0, 0.1) is 0 Å². The molecule has 0 unspecified atom stereocenters. The Kier molecular flexibility index (Phi) is 5.38. The Labute approximate surface area is 133 Å². The second-order valence-electron chi connectivity index (χ2n) is 4.34. The standard InChI is InChI=1S/C16H15ClN2O3/c1-2-22-15-9-11(7-8-14(15)20)10-18-19-16(21)12-5-3-4-6-13(12)17/h3-10,20H,2H2,1H3,(H,19,21)/b18-10-. The Bertz CT molecular complexity index is 702. The zero-order valence-corrected chi connectivity index (χ0v) is 12.7. The van der Waals surface area contributed by atoms with Crippen molar-refractivity contribution in [3.63, 3.8) is 0 Å². The first-order valence-corrected chi connectivity index (χ1v) is 7.03. The first-order chi connectivity index (χ1) is 10.6. The van der Waals surface area contributed by atoms with Crippen molar-refractivity contribution in [1.82, 2.24) is 5.43 Å². The molecule has 1 amide bonds. The second kappa shape index (κ2) is 7.47. The molecule has 0 radical (unpaired) electrons. The number of aromatic hydroxyl groups is 1. The van der Waals surface area contributed by atoms with Crippen LogP contribution in [0.1, 0.15) is 22.8 Å². The number of benzene rings is 2. The molecule has 0 bridgehead atoms. The number of amides is 1. The molecular formula is C16H15ClN2O3. The predicted octanol–water partition coefficient (Wildman–Crippen LogP) is 3.21. The Morgan fingerprint density at radius 3 is 2.86 bits per heavy atom. The molecule has 114 valence electrons. The zero-order valence-electron chi connectivity index (χ0n) is 11.9. The fourth-order valence-electron chi connectivity index (χ4n) is 1.75. The van der Waals surface area contributed by atoms with E-state index in [1.165, 1.54) is 12.3 Å². The maximum atomic E-state index is 11.9. The molecule has 6 heteroatoms. The quantitative estimate of drug-likeness (QED) is 0.657. The van der Waals surface area contributed by atoms with Gasteiger partial charge in [0, 0.05) is 0 Å². The summed E-state index contributed by atoms with van der Waals surface area (Å²) in [6, 6.07) is 11.5. The molecule has 0 aliphatic heterocycles. The summed E-state index contributed by atoms with van der Waals surface area (Å²) < 4.78 is 5.27. The number of nitrogens with zero attached hydrogens (tertiary/aromatic N) is 1. The minimum atomic E-state index is -0.398. The van der Waals surface area contributed by atoms with Crippen LogP contribution in [0.4, 0.5) is 0 Å². The van der Waals surface area contributed by atoms with Gasteiger partial charge in [0.05, 0.1) is 23.4 Å². The topological polar surface area (TPSA) is 70.9 Å². The average Bonchev–Trinajstić information content (AvgIpc) is 2.51. The van der Waals surface area contributed by atoms with Crippen LogP contribution in [0.25, 0.3) is 0 Å². The number of phenolic OH excluding ortho intramolecular Hbond substituents is 1. The van der Waals surface area contributed by atoms with Gasteiger partial charge in [0.25, 0.3) is 5.91 Å². The molecule has 2 N–H and O–H groups in total. The van der Waals surface area contributed by atoms with Crippen molar-refractivity contribution in [1.29, 1.82) is 0 Å². The largest absolute Gasteiger partial charge is 0.504 e. The van der Waals surface area contributed by atoms with Crippen molar-refractivity contribution in [3.05, 3.63) is 58.6 Å². The number of nitrogens with one attached hydrogen (secondary N) is 1. The summed E-state index contributed by atoms with van der Waals surface area (Å²) in [7, 11) is 0. The number of hydrogen-bond acceptors (Lipinski definition) is 4. The molecule has 0 saturated carbocycles. The third-order valence-electron chi connectivity index (χ3n) is 2.78. The van der Waals surface area contributed by atoms with E-state index in [1.54, 1.807) is 36.4 Å². The van der Waals surface area contributed by atoms with Gasteiger partial charge in [-0.25, -0.2) is 5.43 Å². The third kappa shape index (κ3) is 3.99. The minimum absolute atomic E-state index is 0.0547. The molecule has 0 aromatic heterocycles. The molecule has 0 spiro atoms. The van der Waals surface area contributed by atoms with E-state index >= 15 is 0 Å². The molecule has 5 nitrogen and oxygen atoms in total. The van der Waals surface area contributed by atoms with E-state index in [0.29, 0.717) is 28.5 Å². The van der Waals surface area contributed by atoms with Gasteiger partial charge in [-0.2, -0.15) is 5.10 Å². The summed E-state index contributed by atoms with van der Waals surface area (Å²) >= 11 is 5.93. The van der Waals surface area contributed by atoms with Gasteiger partial charge in [-0.05, 0) is 42.8 Å². The highest BCUT2D eigenvalue weighted by molar-refractivity contribution is 6.33. The molecular weight excluding hydrogens is 304 g/mol. The van der Waals surface area contributed by atoms with E-state index in [9.17, 15) is 9.90 Å². The van der Waals surface area contributed by atoms with Crippen molar-refractivity contribution in [2.24, 2.45) is 5.10 Å². The molecule has 0 saturated heterocycles. The lowest BCUT2D eigenvalue weighted by atomic mass is 10.2. The predicted molar refractivity (Wildman–Crippen MR) is 85.8 cm³/mol. The van der Waals surface area contributed by atoms with Crippen LogP contribution in [0.5, 0.6) is 11.5 Å². The summed E-state index contributed by atoms with van der Waals surface area (Å²) in [6.45, 7) is 2.27. The smallest absolute Gasteiger partial charge is 0.272 e. The first-order valence-electron chi connectivity index (χ1n) is 6.65. The van der Waals surface area contributed by atoms with E-state index in [0.717, 1.165) is 0 Å². The third-order valence-corrected chi connectivity index (χ3v) is 3.11. The summed E-state index contributed by atoms with van der Waals surface area (Å²) in [6.07, 6.45) is 1.46. The van der Waals surface area contributed by atoms with E-state index in [2.05, 4.69) is 10.5 Å². The molecule has 2 rings (SSSR count). The molecule has 2 aromatic rings. The zero-order chi connectivity index (χ0) is 15.9. The molecule has 0 fully saturated rings. The Morgan fingerprint density at radius 1 is 1.36 bits per heavy atom. The SMILES string of the molecule is CCOc1cc(/C=N\NC(=O)c2ccccc2Cl)ccc1O. The van der Waals surface area contributed by atoms with Gasteiger partial charge in [0.2, 0.25) is 0 Å². The van der Waals surface area contributed by atoms with Crippen LogP contribution >= 0.6 is 11.6 Å².